The Balaban J connectivity index is 1.57. The quantitative estimate of drug-likeness (QED) is 0.408. The predicted octanol–water partition coefficient (Wildman–Crippen LogP) is 3.95. The number of carbonyl (C=O) groups excluding carboxylic acids is 1. The number of aliphatic imine (C=N–C) groups is 1. The number of thiocarbonyl (C=S) groups is 1. The van der Waals surface area contributed by atoms with Crippen LogP contribution in [0.4, 0.5) is 28.9 Å². The van der Waals surface area contributed by atoms with Gasteiger partial charge in [0.2, 0.25) is 0 Å². The van der Waals surface area contributed by atoms with Gasteiger partial charge in [-0.05, 0) is 55.7 Å². The number of rotatable bonds is 5. The highest BCUT2D eigenvalue weighted by Crippen LogP contribution is 2.48. The van der Waals surface area contributed by atoms with E-state index in [0.717, 1.165) is 35.0 Å². The first-order chi connectivity index (χ1) is 17.8. The minimum absolute atomic E-state index is 0.0468. The van der Waals surface area contributed by atoms with E-state index in [4.69, 9.17) is 22.4 Å². The molecule has 15 heteroatoms. The van der Waals surface area contributed by atoms with Crippen molar-refractivity contribution in [2.45, 2.75) is 37.0 Å². The van der Waals surface area contributed by atoms with Crippen LogP contribution in [0, 0.1) is 5.82 Å². The summed E-state index contributed by atoms with van der Waals surface area (Å²) in [5.41, 5.74) is -3.81. The van der Waals surface area contributed by atoms with Gasteiger partial charge in [0.25, 0.3) is 5.91 Å². The number of pyridine rings is 1. The Morgan fingerprint density at radius 2 is 1.87 bits per heavy atom. The van der Waals surface area contributed by atoms with Crippen molar-refractivity contribution in [3.8, 4) is 0 Å². The second-order valence-electron chi connectivity index (χ2n) is 8.80. The highest BCUT2D eigenvalue weighted by atomic mass is 32.2. The molecule has 1 saturated carbocycles. The van der Waals surface area contributed by atoms with Crippen LogP contribution in [0.25, 0.3) is 0 Å². The summed E-state index contributed by atoms with van der Waals surface area (Å²) in [6.07, 6.45) is -2.69. The molecule has 5 rings (SSSR count). The second kappa shape index (κ2) is 9.01. The van der Waals surface area contributed by atoms with Crippen LogP contribution in [0.3, 0.4) is 0 Å². The van der Waals surface area contributed by atoms with E-state index in [-0.39, 0.29) is 27.3 Å². The van der Waals surface area contributed by atoms with Crippen LogP contribution in [-0.4, -0.2) is 60.5 Å². The number of aromatic nitrogens is 1. The van der Waals surface area contributed by atoms with Gasteiger partial charge in [0, 0.05) is 11.4 Å². The maximum absolute atomic E-state index is 14.5. The molecule has 9 nitrogen and oxygen atoms in total. The number of carboxylic acid groups (broad SMARTS) is 2. The molecule has 2 fully saturated rings. The fourth-order valence-corrected chi connectivity index (χ4v) is 6.12. The smallest absolute Gasteiger partial charge is 0.418 e. The molecule has 1 unspecified atom stereocenters. The van der Waals surface area contributed by atoms with Crippen LogP contribution in [0.15, 0.2) is 35.5 Å². The summed E-state index contributed by atoms with van der Waals surface area (Å²) in [7, 11) is 0. The molecule has 1 aromatic heterocycles. The lowest BCUT2D eigenvalue weighted by molar-refractivity contribution is -0.138. The minimum atomic E-state index is -4.92. The SMILES string of the molecule is O=C(O)c1ccc(N2C(=S)N(c3cnc(C4=NC(C(=O)O)CS4)c(C(F)(F)F)c3)C(=O)C23CCC3)cc1F. The summed E-state index contributed by atoms with van der Waals surface area (Å²) in [5, 5.41) is 17.9. The van der Waals surface area contributed by atoms with Crippen molar-refractivity contribution in [2.24, 2.45) is 4.99 Å². The summed E-state index contributed by atoms with van der Waals surface area (Å²) < 4.78 is 56.7. The fourth-order valence-electron chi connectivity index (χ4n) is 4.62. The van der Waals surface area contributed by atoms with Gasteiger partial charge >= 0.3 is 18.1 Å². The molecule has 1 atom stereocenters. The number of anilines is 2. The number of carbonyl (C=O) groups is 3. The number of aliphatic carboxylic acids is 1. The fraction of sp³-hybridized carbons (Fsp3) is 0.304. The van der Waals surface area contributed by atoms with Crippen molar-refractivity contribution in [3.05, 3.63) is 53.1 Å². The third-order valence-electron chi connectivity index (χ3n) is 6.61. The Bertz CT molecular complexity index is 1440. The molecule has 0 bridgehead atoms. The molecular formula is C23H16F4N4O5S2. The highest BCUT2D eigenvalue weighted by molar-refractivity contribution is 8.14. The molecule has 1 aliphatic carbocycles. The van der Waals surface area contributed by atoms with Crippen molar-refractivity contribution in [1.82, 2.24) is 4.98 Å². The Kier molecular flexibility index (Phi) is 6.17. The standard InChI is InChI=1S/C23H16F4N4O5S2/c24-14-7-10(2-3-12(14)18(32)33)31-21(37)30(20(36)22(31)4-1-5-22)11-6-13(23(25,26)27)16(28-8-11)17-29-15(9-38-17)19(34)35/h2-3,6-8,15H,1,4-5,9H2,(H,32,33)(H,34,35). The molecule has 0 radical (unpaired) electrons. The van der Waals surface area contributed by atoms with Gasteiger partial charge in [0.15, 0.2) is 11.2 Å². The molecule has 2 aliphatic heterocycles. The van der Waals surface area contributed by atoms with Gasteiger partial charge in [-0.15, -0.1) is 11.8 Å². The normalized spacial score (nSPS) is 20.6. The summed E-state index contributed by atoms with van der Waals surface area (Å²) in [6, 6.07) is 2.73. The Morgan fingerprint density at radius 1 is 1.16 bits per heavy atom. The van der Waals surface area contributed by atoms with Crippen LogP contribution in [0.1, 0.15) is 40.9 Å². The van der Waals surface area contributed by atoms with Crippen molar-refractivity contribution in [1.29, 1.82) is 0 Å². The number of aromatic carboxylic acids is 1. The van der Waals surface area contributed by atoms with Crippen molar-refractivity contribution >= 4 is 63.4 Å². The predicted molar refractivity (Wildman–Crippen MR) is 132 cm³/mol. The first-order valence-corrected chi connectivity index (χ1v) is 12.5. The Labute approximate surface area is 221 Å². The number of hydrogen-bond acceptors (Lipinski definition) is 7. The molecule has 3 aliphatic rings. The second-order valence-corrected chi connectivity index (χ2v) is 10.2. The largest absolute Gasteiger partial charge is 0.480 e. The molecule has 2 aromatic rings. The van der Waals surface area contributed by atoms with Gasteiger partial charge in [-0.2, -0.15) is 13.2 Å². The summed E-state index contributed by atoms with van der Waals surface area (Å²) in [6.45, 7) is 0. The van der Waals surface area contributed by atoms with Crippen molar-refractivity contribution in [3.63, 3.8) is 0 Å². The lowest BCUT2D eigenvalue weighted by Crippen LogP contribution is -2.55. The number of alkyl halides is 3. The Hall–Kier alpha value is -3.59. The number of amides is 1. The number of benzene rings is 1. The molecule has 198 valence electrons. The molecule has 1 spiro atoms. The zero-order valence-corrected chi connectivity index (χ0v) is 20.7. The van der Waals surface area contributed by atoms with Gasteiger partial charge in [0.1, 0.15) is 22.1 Å². The van der Waals surface area contributed by atoms with E-state index < -0.39 is 58.2 Å². The molecule has 2 N–H and O–H groups in total. The maximum Gasteiger partial charge on any atom is 0.418 e. The molecule has 3 heterocycles. The third-order valence-corrected chi connectivity index (χ3v) is 8.03. The topological polar surface area (TPSA) is 123 Å². The van der Waals surface area contributed by atoms with E-state index in [0.29, 0.717) is 25.3 Å². The van der Waals surface area contributed by atoms with E-state index in [1.54, 1.807) is 0 Å². The summed E-state index contributed by atoms with van der Waals surface area (Å²) in [5.74, 6) is -4.48. The van der Waals surface area contributed by atoms with Gasteiger partial charge in [-0.25, -0.2) is 14.0 Å². The van der Waals surface area contributed by atoms with Crippen LogP contribution < -0.4 is 9.80 Å². The molecule has 1 aromatic carbocycles. The number of thioether (sulfide) groups is 1. The van der Waals surface area contributed by atoms with E-state index in [2.05, 4.69) is 9.98 Å². The maximum atomic E-state index is 14.5. The van der Waals surface area contributed by atoms with Crippen LogP contribution >= 0.6 is 24.0 Å². The average molecular weight is 569 g/mol. The van der Waals surface area contributed by atoms with Crippen LogP contribution in [0.5, 0.6) is 0 Å². The van der Waals surface area contributed by atoms with E-state index in [1.807, 2.05) is 0 Å². The molecule has 1 amide bonds. The number of hydrogen-bond donors (Lipinski definition) is 2. The zero-order valence-electron chi connectivity index (χ0n) is 19.0. The molecule has 1 saturated heterocycles. The zero-order chi connectivity index (χ0) is 27.6. The lowest BCUT2D eigenvalue weighted by atomic mass is 9.75. The van der Waals surface area contributed by atoms with Gasteiger partial charge < -0.3 is 15.1 Å². The third kappa shape index (κ3) is 4.00. The summed E-state index contributed by atoms with van der Waals surface area (Å²) in [4.78, 5) is 46.0. The number of halogens is 4. The Morgan fingerprint density at radius 3 is 2.39 bits per heavy atom. The monoisotopic (exact) mass is 568 g/mol. The lowest BCUT2D eigenvalue weighted by Gasteiger charge is -2.43. The van der Waals surface area contributed by atoms with E-state index in [9.17, 15) is 31.9 Å². The minimum Gasteiger partial charge on any atom is -0.480 e. The van der Waals surface area contributed by atoms with Crippen LogP contribution in [0.2, 0.25) is 0 Å². The van der Waals surface area contributed by atoms with Gasteiger partial charge in [-0.3, -0.25) is 19.7 Å². The molecular weight excluding hydrogens is 552 g/mol. The number of nitrogens with zero attached hydrogens (tertiary/aromatic N) is 4. The molecule has 38 heavy (non-hydrogen) atoms. The van der Waals surface area contributed by atoms with Crippen molar-refractivity contribution < 1.29 is 42.2 Å². The highest BCUT2D eigenvalue weighted by Gasteiger charge is 2.60. The van der Waals surface area contributed by atoms with Crippen LogP contribution in [-0.2, 0) is 15.8 Å². The van der Waals surface area contributed by atoms with Gasteiger partial charge in [-0.1, -0.05) is 0 Å². The van der Waals surface area contributed by atoms with E-state index >= 15 is 0 Å². The summed E-state index contributed by atoms with van der Waals surface area (Å²) >= 11 is 6.32. The average Bonchev–Trinajstić information content (AvgIpc) is 3.39. The first-order valence-electron chi connectivity index (χ1n) is 11.1. The first kappa shape index (κ1) is 26.0. The number of carboxylic acids is 2. The van der Waals surface area contributed by atoms with Gasteiger partial charge in [0.05, 0.1) is 23.0 Å². The van der Waals surface area contributed by atoms with E-state index in [1.165, 1.54) is 11.0 Å². The van der Waals surface area contributed by atoms with Crippen molar-refractivity contribution in [2.75, 3.05) is 15.6 Å².